The van der Waals surface area contributed by atoms with Crippen molar-refractivity contribution in [2.45, 2.75) is 49.9 Å². The van der Waals surface area contributed by atoms with E-state index in [-0.39, 0.29) is 25.1 Å². The van der Waals surface area contributed by atoms with E-state index < -0.39 is 53.9 Å². The minimum atomic E-state index is -4.80. The molecular weight excluding hydrogens is 477 g/mol. The SMILES string of the molecule is O=C(O)c1ccc(CCN2C(=O)OCCC2CC[C@@H](O)C(F)(F)c2cccc(C(F)(F)F)c2)cc1. The van der Waals surface area contributed by atoms with Gasteiger partial charge in [-0.25, -0.2) is 9.59 Å². The van der Waals surface area contributed by atoms with Crippen LogP contribution >= 0.6 is 0 Å². The Morgan fingerprint density at radius 2 is 1.74 bits per heavy atom. The maximum Gasteiger partial charge on any atom is 0.416 e. The standard InChI is InChI=1S/C24H24F5NO5/c25-23(26,17-2-1-3-18(14-17)24(27,28)29)20(31)9-8-19-11-13-35-22(34)30(19)12-10-15-4-6-16(7-5-15)21(32)33/h1-7,14,19-20,31H,8-13H2,(H,32,33)/t19?,20-/m1/s1. The molecule has 11 heteroatoms. The second-order valence-electron chi connectivity index (χ2n) is 8.30. The van der Waals surface area contributed by atoms with E-state index in [1.807, 2.05) is 0 Å². The summed E-state index contributed by atoms with van der Waals surface area (Å²) in [6.07, 6.45) is -7.46. The number of amides is 1. The number of aliphatic hydroxyl groups excluding tert-OH is 1. The molecule has 190 valence electrons. The van der Waals surface area contributed by atoms with Crippen LogP contribution < -0.4 is 0 Å². The van der Waals surface area contributed by atoms with Crippen molar-refractivity contribution in [3.05, 3.63) is 70.8 Å². The predicted octanol–water partition coefficient (Wildman–Crippen LogP) is 5.09. The van der Waals surface area contributed by atoms with Crippen molar-refractivity contribution in [1.82, 2.24) is 4.90 Å². The zero-order valence-corrected chi connectivity index (χ0v) is 18.5. The van der Waals surface area contributed by atoms with Crippen LogP contribution in [0, 0.1) is 0 Å². The summed E-state index contributed by atoms with van der Waals surface area (Å²) in [7, 11) is 0. The van der Waals surface area contributed by atoms with Gasteiger partial charge in [-0.2, -0.15) is 22.0 Å². The van der Waals surface area contributed by atoms with Gasteiger partial charge in [-0.05, 0) is 49.1 Å². The van der Waals surface area contributed by atoms with Crippen molar-refractivity contribution in [2.75, 3.05) is 13.2 Å². The van der Waals surface area contributed by atoms with Crippen LogP contribution in [0.1, 0.15) is 46.3 Å². The zero-order valence-electron chi connectivity index (χ0n) is 18.5. The van der Waals surface area contributed by atoms with E-state index in [0.717, 1.165) is 17.7 Å². The molecule has 2 atom stereocenters. The molecule has 1 amide bonds. The second-order valence-corrected chi connectivity index (χ2v) is 8.30. The average molecular weight is 501 g/mol. The normalized spacial score (nSPS) is 17.7. The Bertz CT molecular complexity index is 1040. The van der Waals surface area contributed by atoms with Gasteiger partial charge in [-0.3, -0.25) is 0 Å². The number of hydrogen-bond donors (Lipinski definition) is 2. The van der Waals surface area contributed by atoms with E-state index in [2.05, 4.69) is 0 Å². The smallest absolute Gasteiger partial charge is 0.416 e. The minimum Gasteiger partial charge on any atom is -0.478 e. The van der Waals surface area contributed by atoms with Crippen molar-refractivity contribution in [3.63, 3.8) is 0 Å². The van der Waals surface area contributed by atoms with Gasteiger partial charge in [0.15, 0.2) is 0 Å². The van der Waals surface area contributed by atoms with Gasteiger partial charge in [0.1, 0.15) is 6.10 Å². The summed E-state index contributed by atoms with van der Waals surface area (Å²) in [4.78, 5) is 24.6. The van der Waals surface area contributed by atoms with Gasteiger partial charge in [0, 0.05) is 24.6 Å². The van der Waals surface area contributed by atoms with Crippen LogP contribution in [0.15, 0.2) is 48.5 Å². The molecule has 1 saturated heterocycles. The molecule has 1 aliphatic rings. The molecule has 0 saturated carbocycles. The minimum absolute atomic E-state index is 0.0111. The number of carbonyl (C=O) groups is 2. The first kappa shape index (κ1) is 26.4. The summed E-state index contributed by atoms with van der Waals surface area (Å²) in [5.41, 5.74) is -1.31. The number of hydrogen-bond acceptors (Lipinski definition) is 4. The number of carbonyl (C=O) groups excluding carboxylic acids is 1. The highest BCUT2D eigenvalue weighted by Gasteiger charge is 2.42. The maximum absolute atomic E-state index is 14.7. The fourth-order valence-electron chi connectivity index (χ4n) is 3.93. The number of halogens is 5. The molecular formula is C24H24F5NO5. The largest absolute Gasteiger partial charge is 0.478 e. The van der Waals surface area contributed by atoms with Crippen molar-refractivity contribution in [2.24, 2.45) is 0 Å². The molecule has 1 fully saturated rings. The molecule has 0 aromatic heterocycles. The average Bonchev–Trinajstić information content (AvgIpc) is 2.81. The van der Waals surface area contributed by atoms with E-state index in [9.17, 15) is 36.6 Å². The van der Waals surface area contributed by atoms with Crippen LogP contribution in [0.4, 0.5) is 26.7 Å². The Morgan fingerprint density at radius 1 is 1.09 bits per heavy atom. The summed E-state index contributed by atoms with van der Waals surface area (Å²) in [5, 5.41) is 19.1. The van der Waals surface area contributed by atoms with Crippen LogP contribution in [-0.4, -0.2) is 52.5 Å². The Morgan fingerprint density at radius 3 is 2.37 bits per heavy atom. The Balaban J connectivity index is 1.64. The van der Waals surface area contributed by atoms with Crippen LogP contribution in [0.25, 0.3) is 0 Å². The third kappa shape index (κ3) is 6.47. The van der Waals surface area contributed by atoms with E-state index in [1.165, 1.54) is 17.0 Å². The third-order valence-corrected chi connectivity index (χ3v) is 5.96. The number of benzene rings is 2. The first-order valence-corrected chi connectivity index (χ1v) is 10.9. The molecule has 2 aromatic carbocycles. The van der Waals surface area contributed by atoms with Crippen LogP contribution in [-0.2, 0) is 23.3 Å². The molecule has 1 unspecified atom stereocenters. The number of cyclic esters (lactones) is 1. The molecule has 6 nitrogen and oxygen atoms in total. The molecule has 0 bridgehead atoms. The number of carboxylic acids is 1. The first-order valence-electron chi connectivity index (χ1n) is 10.9. The quantitative estimate of drug-likeness (QED) is 0.468. The predicted molar refractivity (Wildman–Crippen MR) is 114 cm³/mol. The van der Waals surface area contributed by atoms with Gasteiger partial charge in [0.05, 0.1) is 17.7 Å². The lowest BCUT2D eigenvalue weighted by molar-refractivity contribution is -0.139. The fourth-order valence-corrected chi connectivity index (χ4v) is 3.93. The van der Waals surface area contributed by atoms with Crippen LogP contribution in [0.2, 0.25) is 0 Å². The summed E-state index contributed by atoms with van der Waals surface area (Å²) in [5.74, 6) is -5.00. The van der Waals surface area contributed by atoms with Crippen molar-refractivity contribution in [3.8, 4) is 0 Å². The second kappa shape index (κ2) is 10.6. The Labute approximate surface area is 197 Å². The van der Waals surface area contributed by atoms with Gasteiger partial charge in [-0.1, -0.05) is 24.3 Å². The molecule has 0 aliphatic carbocycles. The van der Waals surface area contributed by atoms with E-state index in [1.54, 1.807) is 12.1 Å². The Hall–Kier alpha value is -3.21. The number of rotatable bonds is 9. The number of nitrogens with zero attached hydrogens (tertiary/aromatic N) is 1. The summed E-state index contributed by atoms with van der Waals surface area (Å²) >= 11 is 0. The highest BCUT2D eigenvalue weighted by atomic mass is 19.4. The lowest BCUT2D eigenvalue weighted by atomic mass is 9.95. The highest BCUT2D eigenvalue weighted by Crippen LogP contribution is 2.38. The van der Waals surface area contributed by atoms with Crippen molar-refractivity contribution < 1.29 is 46.5 Å². The molecule has 35 heavy (non-hydrogen) atoms. The lowest BCUT2D eigenvalue weighted by Crippen LogP contribution is -2.47. The number of alkyl halides is 5. The van der Waals surface area contributed by atoms with Crippen molar-refractivity contribution in [1.29, 1.82) is 0 Å². The van der Waals surface area contributed by atoms with E-state index in [4.69, 9.17) is 9.84 Å². The van der Waals surface area contributed by atoms with Gasteiger partial charge in [-0.15, -0.1) is 0 Å². The number of aromatic carboxylic acids is 1. The van der Waals surface area contributed by atoms with Crippen LogP contribution in [0.5, 0.6) is 0 Å². The zero-order chi connectivity index (χ0) is 25.8. The number of carboxylic acid groups (broad SMARTS) is 1. The topological polar surface area (TPSA) is 87.1 Å². The molecule has 2 N–H and O–H groups in total. The number of ether oxygens (including phenoxy) is 1. The van der Waals surface area contributed by atoms with Crippen LogP contribution in [0.3, 0.4) is 0 Å². The Kier molecular flexibility index (Phi) is 7.99. The van der Waals surface area contributed by atoms with Gasteiger partial charge < -0.3 is 19.8 Å². The summed E-state index contributed by atoms with van der Waals surface area (Å²) in [6.45, 7) is 0.253. The van der Waals surface area contributed by atoms with Gasteiger partial charge >= 0.3 is 18.2 Å². The number of aliphatic hydroxyl groups is 1. The molecule has 3 rings (SSSR count). The van der Waals surface area contributed by atoms with Gasteiger partial charge in [0.25, 0.3) is 5.92 Å². The molecule has 1 heterocycles. The summed E-state index contributed by atoms with van der Waals surface area (Å²) in [6, 6.07) is 8.24. The first-order chi connectivity index (χ1) is 16.4. The molecule has 0 spiro atoms. The summed E-state index contributed by atoms with van der Waals surface area (Å²) < 4.78 is 73.2. The van der Waals surface area contributed by atoms with E-state index in [0.29, 0.717) is 25.0 Å². The monoisotopic (exact) mass is 501 g/mol. The third-order valence-electron chi connectivity index (χ3n) is 5.96. The molecule has 1 aliphatic heterocycles. The molecule has 2 aromatic rings. The molecule has 0 radical (unpaired) electrons. The fraction of sp³-hybridized carbons (Fsp3) is 0.417. The van der Waals surface area contributed by atoms with Crippen molar-refractivity contribution >= 4 is 12.1 Å². The van der Waals surface area contributed by atoms with E-state index >= 15 is 0 Å². The van der Waals surface area contributed by atoms with Gasteiger partial charge in [0.2, 0.25) is 0 Å². The highest BCUT2D eigenvalue weighted by molar-refractivity contribution is 5.87. The lowest BCUT2D eigenvalue weighted by Gasteiger charge is -2.36. The maximum atomic E-state index is 14.7.